The van der Waals surface area contributed by atoms with Crippen LogP contribution in [0.15, 0.2) is 18.2 Å². The molecule has 0 radical (unpaired) electrons. The molecule has 1 saturated heterocycles. The molecule has 3 rings (SSSR count). The molecule has 2 N–H and O–H groups in total. The van der Waals surface area contributed by atoms with Gasteiger partial charge in [-0.3, -0.25) is 4.79 Å². The van der Waals surface area contributed by atoms with Crippen molar-refractivity contribution in [1.29, 1.82) is 0 Å². The summed E-state index contributed by atoms with van der Waals surface area (Å²) in [5.74, 6) is -1.44. The molecule has 0 unspecified atom stereocenters. The van der Waals surface area contributed by atoms with E-state index in [0.717, 1.165) is 38.2 Å². The van der Waals surface area contributed by atoms with Crippen LogP contribution >= 0.6 is 0 Å². The van der Waals surface area contributed by atoms with Crippen molar-refractivity contribution >= 4 is 5.91 Å². The van der Waals surface area contributed by atoms with Crippen LogP contribution in [-0.2, 0) is 0 Å². The second kappa shape index (κ2) is 5.30. The number of hydrogen-bond acceptors (Lipinski definition) is 3. The molecule has 2 aliphatic rings. The number of amides is 1. The molecule has 1 aromatic rings. The number of aliphatic hydroxyl groups excluding tert-OH is 1. The molecule has 1 amide bonds. The Kier molecular flexibility index (Phi) is 3.61. The predicted molar refractivity (Wildman–Crippen MR) is 75.5 cm³/mol. The Morgan fingerprint density at radius 2 is 2.10 bits per heavy atom. The number of benzene rings is 1. The van der Waals surface area contributed by atoms with Crippen molar-refractivity contribution in [1.82, 2.24) is 4.90 Å². The van der Waals surface area contributed by atoms with E-state index in [1.54, 1.807) is 4.90 Å². The molecule has 21 heavy (non-hydrogen) atoms. The summed E-state index contributed by atoms with van der Waals surface area (Å²) in [6.45, 7) is 1.19. The molecule has 1 aliphatic heterocycles. The molecule has 4 nitrogen and oxygen atoms in total. The topological polar surface area (TPSA) is 60.8 Å². The van der Waals surface area contributed by atoms with E-state index in [1.165, 1.54) is 12.1 Å². The van der Waals surface area contributed by atoms with Gasteiger partial charge in [-0.2, -0.15) is 0 Å². The van der Waals surface area contributed by atoms with Gasteiger partial charge in [0.25, 0.3) is 5.91 Å². The number of phenolic OH excluding ortho intramolecular Hbond substituents is 1. The number of carbonyl (C=O) groups is 1. The number of piperidine rings is 1. The Balaban J connectivity index is 1.79. The lowest BCUT2D eigenvalue weighted by molar-refractivity contribution is -0.00537. The maximum atomic E-state index is 13.1. The minimum absolute atomic E-state index is 0.171. The van der Waals surface area contributed by atoms with Crippen molar-refractivity contribution in [2.75, 3.05) is 13.1 Å². The minimum atomic E-state index is -0.729. The second-order valence-electron chi connectivity index (χ2n) is 6.27. The first-order chi connectivity index (χ1) is 10.0. The average molecular weight is 293 g/mol. The van der Waals surface area contributed by atoms with Crippen LogP contribution in [-0.4, -0.2) is 40.2 Å². The Hall–Kier alpha value is -1.62. The highest BCUT2D eigenvalue weighted by Gasteiger charge is 2.45. The van der Waals surface area contributed by atoms with Crippen LogP contribution in [0.3, 0.4) is 0 Å². The van der Waals surface area contributed by atoms with Gasteiger partial charge < -0.3 is 15.1 Å². The molecule has 1 saturated carbocycles. The number of aromatic hydroxyl groups is 1. The van der Waals surface area contributed by atoms with Gasteiger partial charge in [0.15, 0.2) is 11.6 Å². The van der Waals surface area contributed by atoms with Gasteiger partial charge in [0.1, 0.15) is 0 Å². The zero-order valence-electron chi connectivity index (χ0n) is 11.9. The fourth-order valence-electron chi connectivity index (χ4n) is 3.76. The zero-order chi connectivity index (χ0) is 15.0. The van der Waals surface area contributed by atoms with Crippen LogP contribution in [0.2, 0.25) is 0 Å². The third-order valence-corrected chi connectivity index (χ3v) is 4.95. The predicted octanol–water partition coefficient (Wildman–Crippen LogP) is 2.30. The van der Waals surface area contributed by atoms with Crippen molar-refractivity contribution in [3.8, 4) is 5.75 Å². The Bertz CT molecular complexity index is 562. The smallest absolute Gasteiger partial charge is 0.254 e. The molecule has 1 aliphatic carbocycles. The largest absolute Gasteiger partial charge is 0.505 e. The third-order valence-electron chi connectivity index (χ3n) is 4.95. The fourth-order valence-corrected chi connectivity index (χ4v) is 3.76. The molecular formula is C16H20FNO3. The quantitative estimate of drug-likeness (QED) is 0.835. The van der Waals surface area contributed by atoms with E-state index in [4.69, 9.17) is 0 Å². The Morgan fingerprint density at radius 3 is 2.76 bits per heavy atom. The molecule has 2 fully saturated rings. The van der Waals surface area contributed by atoms with E-state index in [1.807, 2.05) is 0 Å². The lowest BCUT2D eigenvalue weighted by Gasteiger charge is -2.42. The second-order valence-corrected chi connectivity index (χ2v) is 6.27. The monoisotopic (exact) mass is 293 g/mol. The van der Waals surface area contributed by atoms with Crippen LogP contribution in [0.25, 0.3) is 0 Å². The van der Waals surface area contributed by atoms with Crippen molar-refractivity contribution < 1.29 is 19.4 Å². The van der Waals surface area contributed by atoms with Gasteiger partial charge in [-0.25, -0.2) is 4.39 Å². The summed E-state index contributed by atoms with van der Waals surface area (Å²) in [5, 5.41) is 19.6. The summed E-state index contributed by atoms with van der Waals surface area (Å²) >= 11 is 0. The minimum Gasteiger partial charge on any atom is -0.505 e. The van der Waals surface area contributed by atoms with Gasteiger partial charge in [-0.05, 0) is 43.9 Å². The number of phenols is 1. The van der Waals surface area contributed by atoms with E-state index >= 15 is 0 Å². The number of hydrogen-bond donors (Lipinski definition) is 2. The van der Waals surface area contributed by atoms with Gasteiger partial charge in [-0.1, -0.05) is 6.42 Å². The number of carbonyl (C=O) groups excluding carboxylic acids is 1. The standard InChI is InChI=1S/C16H20FNO3/c17-12-5-4-11(9-13(12)19)15(21)18-8-2-7-16(10-18)6-1-3-14(16)20/h4-5,9,14,19-20H,1-3,6-8,10H2/t14-,16-/m1/s1. The van der Waals surface area contributed by atoms with Crippen molar-refractivity contribution in [3.63, 3.8) is 0 Å². The van der Waals surface area contributed by atoms with Crippen LogP contribution in [0.1, 0.15) is 42.5 Å². The highest BCUT2D eigenvalue weighted by Crippen LogP contribution is 2.45. The SMILES string of the molecule is O=C(c1ccc(F)c(O)c1)N1CCC[C@]2(CCC[C@H]2O)C1. The van der Waals surface area contributed by atoms with Crippen molar-refractivity contribution in [3.05, 3.63) is 29.6 Å². The first kappa shape index (κ1) is 14.3. The maximum absolute atomic E-state index is 13.1. The molecule has 1 aromatic carbocycles. The van der Waals surface area contributed by atoms with Gasteiger partial charge >= 0.3 is 0 Å². The average Bonchev–Trinajstić information content (AvgIpc) is 2.82. The van der Waals surface area contributed by atoms with Gasteiger partial charge in [0.2, 0.25) is 0 Å². The summed E-state index contributed by atoms with van der Waals surface area (Å²) in [4.78, 5) is 14.2. The van der Waals surface area contributed by atoms with Crippen LogP contribution in [0, 0.1) is 11.2 Å². The van der Waals surface area contributed by atoms with Gasteiger partial charge in [-0.15, -0.1) is 0 Å². The number of likely N-dealkylation sites (tertiary alicyclic amines) is 1. The number of rotatable bonds is 1. The summed E-state index contributed by atoms with van der Waals surface area (Å²) < 4.78 is 13.1. The highest BCUT2D eigenvalue weighted by molar-refractivity contribution is 5.94. The Labute approximate surface area is 123 Å². The number of halogens is 1. The molecule has 5 heteroatoms. The summed E-state index contributed by atoms with van der Waals surface area (Å²) in [5.41, 5.74) is 0.120. The number of aliphatic hydroxyl groups is 1. The number of nitrogens with zero attached hydrogens (tertiary/aromatic N) is 1. The molecule has 1 spiro atoms. The van der Waals surface area contributed by atoms with Gasteiger partial charge in [0.05, 0.1) is 6.10 Å². The van der Waals surface area contributed by atoms with E-state index in [0.29, 0.717) is 18.7 Å². The van der Waals surface area contributed by atoms with E-state index in [2.05, 4.69) is 0 Å². The first-order valence-corrected chi connectivity index (χ1v) is 7.48. The first-order valence-electron chi connectivity index (χ1n) is 7.48. The van der Waals surface area contributed by atoms with E-state index in [-0.39, 0.29) is 17.4 Å². The molecule has 0 bridgehead atoms. The van der Waals surface area contributed by atoms with E-state index < -0.39 is 11.6 Å². The third kappa shape index (κ3) is 2.50. The molecular weight excluding hydrogens is 273 g/mol. The summed E-state index contributed by atoms with van der Waals surface area (Å²) in [6, 6.07) is 3.67. The van der Waals surface area contributed by atoms with E-state index in [9.17, 15) is 19.4 Å². The van der Waals surface area contributed by atoms with Crippen LogP contribution < -0.4 is 0 Å². The van der Waals surface area contributed by atoms with Crippen LogP contribution in [0.5, 0.6) is 5.75 Å². The highest BCUT2D eigenvalue weighted by atomic mass is 19.1. The molecule has 2 atom stereocenters. The normalized spacial score (nSPS) is 29.0. The van der Waals surface area contributed by atoms with Crippen molar-refractivity contribution in [2.45, 2.75) is 38.2 Å². The summed E-state index contributed by atoms with van der Waals surface area (Å²) in [7, 11) is 0. The molecule has 114 valence electrons. The fraction of sp³-hybridized carbons (Fsp3) is 0.562. The summed E-state index contributed by atoms with van der Waals surface area (Å²) in [6.07, 6.45) is 4.24. The van der Waals surface area contributed by atoms with Crippen LogP contribution in [0.4, 0.5) is 4.39 Å². The van der Waals surface area contributed by atoms with Gasteiger partial charge in [0, 0.05) is 24.1 Å². The Morgan fingerprint density at radius 1 is 1.33 bits per heavy atom. The lowest BCUT2D eigenvalue weighted by Crippen LogP contribution is -2.49. The molecule has 0 aromatic heterocycles. The zero-order valence-corrected chi connectivity index (χ0v) is 11.9. The van der Waals surface area contributed by atoms with Crippen molar-refractivity contribution in [2.24, 2.45) is 5.41 Å². The maximum Gasteiger partial charge on any atom is 0.254 e. The lowest BCUT2D eigenvalue weighted by atomic mass is 9.76. The molecule has 1 heterocycles.